The third kappa shape index (κ3) is 2.82. The number of carbonyl (C=O) groups excluding carboxylic acids is 1. The highest BCUT2D eigenvalue weighted by Gasteiger charge is 2.23. The number of likely N-dealkylation sites (tertiary alicyclic amines) is 1. The normalized spacial score (nSPS) is 14.5. The van der Waals surface area contributed by atoms with Gasteiger partial charge in [-0.1, -0.05) is 11.2 Å². The first-order valence-corrected chi connectivity index (χ1v) is 8.29. The fourth-order valence-corrected chi connectivity index (χ4v) is 3.14. The van der Waals surface area contributed by atoms with Crippen LogP contribution in [0.1, 0.15) is 22.5 Å². The van der Waals surface area contributed by atoms with Crippen molar-refractivity contribution >= 4 is 21.7 Å². The van der Waals surface area contributed by atoms with Gasteiger partial charge in [-0.2, -0.15) is 0 Å². The highest BCUT2D eigenvalue weighted by Crippen LogP contribution is 2.19. The van der Waals surface area contributed by atoms with Gasteiger partial charge in [0.2, 0.25) is 0 Å². The van der Waals surface area contributed by atoms with E-state index in [-0.39, 0.29) is 16.6 Å². The van der Waals surface area contributed by atoms with E-state index in [1.807, 2.05) is 0 Å². The Morgan fingerprint density at radius 3 is 2.68 bits per heavy atom. The number of nitrogens with one attached hydrogen (secondary N) is 1. The third-order valence-electron chi connectivity index (χ3n) is 3.40. The van der Waals surface area contributed by atoms with Crippen molar-refractivity contribution < 1.29 is 17.7 Å². The van der Waals surface area contributed by atoms with Crippen LogP contribution in [-0.4, -0.2) is 37.5 Å². The zero-order valence-corrected chi connectivity index (χ0v) is 12.8. The summed E-state index contributed by atoms with van der Waals surface area (Å²) >= 11 is 0. The molecule has 0 spiro atoms. The molecule has 1 saturated heterocycles. The van der Waals surface area contributed by atoms with Gasteiger partial charge in [-0.3, -0.25) is 9.52 Å². The molecule has 1 amide bonds. The number of hydrogen-bond acceptors (Lipinski definition) is 5. The van der Waals surface area contributed by atoms with Gasteiger partial charge in [0.1, 0.15) is 5.76 Å². The minimum atomic E-state index is -3.81. The molecule has 2 heterocycles. The Hall–Kier alpha value is -2.35. The minimum absolute atomic E-state index is 0.0135. The topological polar surface area (TPSA) is 92.5 Å². The van der Waals surface area contributed by atoms with Gasteiger partial charge in [0, 0.05) is 24.7 Å². The van der Waals surface area contributed by atoms with Crippen molar-refractivity contribution in [3.63, 3.8) is 0 Å². The summed E-state index contributed by atoms with van der Waals surface area (Å²) in [6.45, 7) is 3.09. The molecule has 7 nitrogen and oxygen atoms in total. The Morgan fingerprint density at radius 2 is 2.09 bits per heavy atom. The molecule has 0 atom stereocenters. The lowest BCUT2D eigenvalue weighted by molar-refractivity contribution is 0.0651. The van der Waals surface area contributed by atoms with Crippen molar-refractivity contribution in [2.45, 2.75) is 18.2 Å². The fraction of sp³-hybridized carbons (Fsp3) is 0.286. The van der Waals surface area contributed by atoms with E-state index < -0.39 is 10.0 Å². The monoisotopic (exact) mass is 321 g/mol. The third-order valence-corrected chi connectivity index (χ3v) is 4.75. The molecule has 2 aromatic rings. The summed E-state index contributed by atoms with van der Waals surface area (Å²) < 4.78 is 31.8. The van der Waals surface area contributed by atoms with E-state index in [4.69, 9.17) is 4.52 Å². The molecule has 1 aromatic heterocycles. The quantitative estimate of drug-likeness (QED) is 0.924. The molecule has 1 fully saturated rings. The average molecular weight is 321 g/mol. The molecule has 1 aliphatic heterocycles. The Morgan fingerprint density at radius 1 is 1.32 bits per heavy atom. The van der Waals surface area contributed by atoms with Crippen molar-refractivity contribution in [2.24, 2.45) is 0 Å². The van der Waals surface area contributed by atoms with E-state index in [9.17, 15) is 13.2 Å². The van der Waals surface area contributed by atoms with E-state index in [1.165, 1.54) is 18.2 Å². The lowest BCUT2D eigenvalue weighted by Gasteiger charge is -2.30. The highest BCUT2D eigenvalue weighted by atomic mass is 32.2. The standard InChI is InChI=1S/C14H15N3O4S/c1-10-8-13(15-21-10)16-22(19,20)12-5-2-4-11(9-12)14(18)17-6-3-7-17/h2,4-5,8-9H,3,6-7H2,1H3,(H,15,16). The van der Waals surface area contributed by atoms with E-state index >= 15 is 0 Å². The van der Waals surface area contributed by atoms with Gasteiger partial charge >= 0.3 is 0 Å². The van der Waals surface area contributed by atoms with Gasteiger partial charge in [0.05, 0.1) is 4.90 Å². The molecule has 1 aliphatic rings. The number of nitrogens with zero attached hydrogens (tertiary/aromatic N) is 2. The predicted molar refractivity (Wildman–Crippen MR) is 79.0 cm³/mol. The molecule has 8 heteroatoms. The molecule has 1 aromatic carbocycles. The summed E-state index contributed by atoms with van der Waals surface area (Å²) in [5.41, 5.74) is 0.360. The first-order valence-electron chi connectivity index (χ1n) is 6.81. The van der Waals surface area contributed by atoms with Gasteiger partial charge in [0.15, 0.2) is 5.82 Å². The smallest absolute Gasteiger partial charge is 0.263 e. The lowest BCUT2D eigenvalue weighted by atomic mass is 10.1. The average Bonchev–Trinajstić information content (AvgIpc) is 2.81. The first-order chi connectivity index (χ1) is 10.5. The van der Waals surface area contributed by atoms with Crippen molar-refractivity contribution in [2.75, 3.05) is 17.8 Å². The van der Waals surface area contributed by atoms with Gasteiger partial charge in [-0.05, 0) is 31.5 Å². The number of aryl methyl sites for hydroxylation is 1. The van der Waals surface area contributed by atoms with Crippen molar-refractivity contribution in [1.82, 2.24) is 10.1 Å². The minimum Gasteiger partial charge on any atom is -0.360 e. The van der Waals surface area contributed by atoms with Crippen LogP contribution in [0.25, 0.3) is 0 Å². The number of hydrogen-bond donors (Lipinski definition) is 1. The Balaban J connectivity index is 1.85. The molecule has 116 valence electrons. The van der Waals surface area contributed by atoms with Crippen LogP contribution in [0.3, 0.4) is 0 Å². The summed E-state index contributed by atoms with van der Waals surface area (Å²) in [7, 11) is -3.81. The number of anilines is 1. The van der Waals surface area contributed by atoms with Crippen LogP contribution >= 0.6 is 0 Å². The van der Waals surface area contributed by atoms with Crippen LogP contribution in [0.15, 0.2) is 39.8 Å². The van der Waals surface area contributed by atoms with E-state index in [1.54, 1.807) is 24.0 Å². The molecule has 0 bridgehead atoms. The number of benzene rings is 1. The second kappa shape index (κ2) is 5.45. The largest absolute Gasteiger partial charge is 0.360 e. The SMILES string of the molecule is Cc1cc(NS(=O)(=O)c2cccc(C(=O)N3CCC3)c2)no1. The van der Waals surface area contributed by atoms with Gasteiger partial charge < -0.3 is 9.42 Å². The molecule has 0 unspecified atom stereocenters. The summed E-state index contributed by atoms with van der Waals surface area (Å²) in [5.74, 6) is 0.456. The summed E-state index contributed by atoms with van der Waals surface area (Å²) in [6.07, 6.45) is 0.983. The maximum absolute atomic E-state index is 12.3. The van der Waals surface area contributed by atoms with Crippen molar-refractivity contribution in [3.8, 4) is 0 Å². The number of carbonyl (C=O) groups is 1. The molecule has 3 rings (SSSR count). The fourth-order valence-electron chi connectivity index (χ4n) is 2.11. The van der Waals surface area contributed by atoms with Crippen LogP contribution in [-0.2, 0) is 10.0 Å². The van der Waals surface area contributed by atoms with Crippen LogP contribution in [0.4, 0.5) is 5.82 Å². The van der Waals surface area contributed by atoms with Gasteiger partial charge in [-0.25, -0.2) is 8.42 Å². The summed E-state index contributed by atoms with van der Waals surface area (Å²) in [5, 5.41) is 3.59. The lowest BCUT2D eigenvalue weighted by Crippen LogP contribution is -2.42. The molecule has 22 heavy (non-hydrogen) atoms. The van der Waals surface area contributed by atoms with Gasteiger partial charge in [-0.15, -0.1) is 0 Å². The molecule has 1 N–H and O–H groups in total. The zero-order valence-electron chi connectivity index (χ0n) is 11.9. The van der Waals surface area contributed by atoms with Crippen LogP contribution in [0.5, 0.6) is 0 Å². The summed E-state index contributed by atoms with van der Waals surface area (Å²) in [6, 6.07) is 7.44. The Bertz CT molecular complexity index is 809. The maximum Gasteiger partial charge on any atom is 0.263 e. The van der Waals surface area contributed by atoms with E-state index in [0.29, 0.717) is 24.4 Å². The highest BCUT2D eigenvalue weighted by molar-refractivity contribution is 7.92. The second-order valence-corrected chi connectivity index (χ2v) is 6.78. The number of sulfonamides is 1. The van der Waals surface area contributed by atoms with Crippen LogP contribution in [0.2, 0.25) is 0 Å². The molecule has 0 saturated carbocycles. The van der Waals surface area contributed by atoms with Crippen molar-refractivity contribution in [1.29, 1.82) is 0 Å². The van der Waals surface area contributed by atoms with Crippen LogP contribution < -0.4 is 4.72 Å². The molecule has 0 radical (unpaired) electrons. The number of amides is 1. The zero-order chi connectivity index (χ0) is 15.7. The number of aromatic nitrogens is 1. The summed E-state index contributed by atoms with van der Waals surface area (Å²) in [4.78, 5) is 13.8. The molecule has 0 aliphatic carbocycles. The van der Waals surface area contributed by atoms with Gasteiger partial charge in [0.25, 0.3) is 15.9 Å². The number of rotatable bonds is 4. The van der Waals surface area contributed by atoms with E-state index in [2.05, 4.69) is 9.88 Å². The van der Waals surface area contributed by atoms with E-state index in [0.717, 1.165) is 6.42 Å². The second-order valence-electron chi connectivity index (χ2n) is 5.10. The Kier molecular flexibility index (Phi) is 3.61. The Labute approximate surface area is 128 Å². The van der Waals surface area contributed by atoms with Crippen LogP contribution in [0, 0.1) is 6.92 Å². The van der Waals surface area contributed by atoms with Crippen molar-refractivity contribution in [3.05, 3.63) is 41.7 Å². The molecular weight excluding hydrogens is 306 g/mol. The molecular formula is C14H15N3O4S. The maximum atomic E-state index is 12.3. The predicted octanol–water partition coefficient (Wildman–Crippen LogP) is 1.63. The first kappa shape index (κ1) is 14.6.